The van der Waals surface area contributed by atoms with E-state index in [0.717, 1.165) is 0 Å². The molecule has 1 N–H and O–H groups in total. The topological polar surface area (TPSA) is 50.2 Å². The van der Waals surface area contributed by atoms with Crippen molar-refractivity contribution in [1.82, 2.24) is 4.98 Å². The Morgan fingerprint density at radius 2 is 2.43 bits per heavy atom. The molecule has 1 rings (SSSR count). The highest BCUT2D eigenvalue weighted by molar-refractivity contribution is 9.10. The van der Waals surface area contributed by atoms with Crippen LogP contribution in [0.4, 0.5) is 0 Å². The summed E-state index contributed by atoms with van der Waals surface area (Å²) in [7, 11) is 0. The highest BCUT2D eigenvalue weighted by Crippen LogP contribution is 2.20. The minimum Gasteiger partial charge on any atom is -0.481 e. The second-order valence-corrected chi connectivity index (χ2v) is 3.61. The Hall–Kier alpha value is -1.16. The quantitative estimate of drug-likeness (QED) is 0.665. The largest absolute Gasteiger partial charge is 0.481 e. The molecule has 0 saturated heterocycles. The Labute approximate surface area is 90.6 Å². The lowest BCUT2D eigenvalue weighted by molar-refractivity contribution is -0.138. The zero-order chi connectivity index (χ0) is 10.6. The lowest BCUT2D eigenvalue weighted by Crippen LogP contribution is -2.12. The Morgan fingerprint density at radius 1 is 1.71 bits per heavy atom. The fourth-order valence-corrected chi connectivity index (χ4v) is 1.49. The summed E-state index contributed by atoms with van der Waals surface area (Å²) in [6.45, 7) is 3.53. The van der Waals surface area contributed by atoms with Crippen LogP contribution in [0.2, 0.25) is 0 Å². The number of carbonyl (C=O) groups is 1. The third-order valence-electron chi connectivity index (χ3n) is 1.79. The molecule has 1 atom stereocenters. The van der Waals surface area contributed by atoms with Gasteiger partial charge in [-0.25, -0.2) is 4.98 Å². The van der Waals surface area contributed by atoms with Gasteiger partial charge in [-0.3, -0.25) is 4.79 Å². The van der Waals surface area contributed by atoms with Crippen LogP contribution in [0, 0.1) is 0 Å². The van der Waals surface area contributed by atoms with Crippen molar-refractivity contribution in [3.8, 4) is 0 Å². The molecular weight excluding hydrogens is 246 g/mol. The summed E-state index contributed by atoms with van der Waals surface area (Å²) in [5.74, 6) is -1.49. The van der Waals surface area contributed by atoms with Crippen molar-refractivity contribution in [2.24, 2.45) is 0 Å². The van der Waals surface area contributed by atoms with Crippen LogP contribution in [-0.4, -0.2) is 16.1 Å². The normalized spacial score (nSPS) is 12.1. The molecule has 1 aromatic rings. The number of nitrogens with zero attached hydrogens (tertiary/aromatic N) is 1. The van der Waals surface area contributed by atoms with E-state index in [9.17, 15) is 4.79 Å². The molecule has 0 saturated carbocycles. The average Bonchev–Trinajstić information content (AvgIpc) is 2.13. The highest BCUT2D eigenvalue weighted by Gasteiger charge is 2.19. The van der Waals surface area contributed by atoms with E-state index in [1.54, 1.807) is 24.3 Å². The number of aliphatic carboxylic acids is 1. The number of carboxylic acid groups (broad SMARTS) is 1. The second kappa shape index (κ2) is 4.91. The van der Waals surface area contributed by atoms with Crippen LogP contribution in [0.15, 0.2) is 35.5 Å². The van der Waals surface area contributed by atoms with Crippen molar-refractivity contribution in [3.05, 3.63) is 41.2 Å². The number of halogens is 1. The van der Waals surface area contributed by atoms with Gasteiger partial charge >= 0.3 is 5.97 Å². The number of aromatic nitrogens is 1. The van der Waals surface area contributed by atoms with Crippen molar-refractivity contribution >= 4 is 21.9 Å². The summed E-state index contributed by atoms with van der Waals surface area (Å²) in [6.07, 6.45) is 1.97. The van der Waals surface area contributed by atoms with Gasteiger partial charge in [0, 0.05) is 0 Å². The predicted octanol–water partition coefficient (Wildman–Crippen LogP) is 2.59. The first-order chi connectivity index (χ1) is 6.65. The van der Waals surface area contributed by atoms with Gasteiger partial charge in [0.25, 0.3) is 0 Å². The molecule has 4 heteroatoms. The Morgan fingerprint density at radius 3 is 2.93 bits per heavy atom. The van der Waals surface area contributed by atoms with E-state index in [2.05, 4.69) is 27.5 Å². The van der Waals surface area contributed by atoms with Crippen molar-refractivity contribution in [1.29, 1.82) is 0 Å². The summed E-state index contributed by atoms with van der Waals surface area (Å²) in [6, 6.07) is 5.23. The number of rotatable bonds is 4. The van der Waals surface area contributed by atoms with Crippen molar-refractivity contribution in [2.45, 2.75) is 12.3 Å². The molecule has 0 bridgehead atoms. The molecule has 14 heavy (non-hydrogen) atoms. The van der Waals surface area contributed by atoms with Crippen molar-refractivity contribution in [2.75, 3.05) is 0 Å². The van der Waals surface area contributed by atoms with Crippen LogP contribution in [-0.2, 0) is 4.79 Å². The van der Waals surface area contributed by atoms with Crippen molar-refractivity contribution < 1.29 is 9.90 Å². The van der Waals surface area contributed by atoms with Crippen LogP contribution >= 0.6 is 15.9 Å². The smallest absolute Gasteiger partial charge is 0.312 e. The molecule has 0 amide bonds. The van der Waals surface area contributed by atoms with E-state index in [1.165, 1.54) is 0 Å². The van der Waals surface area contributed by atoms with Crippen LogP contribution in [0.3, 0.4) is 0 Å². The fraction of sp³-hybridized carbons (Fsp3) is 0.200. The van der Waals surface area contributed by atoms with E-state index in [1.807, 2.05) is 0 Å². The maximum atomic E-state index is 10.9. The van der Waals surface area contributed by atoms with Gasteiger partial charge in [-0.1, -0.05) is 12.1 Å². The molecule has 1 aromatic heterocycles. The van der Waals surface area contributed by atoms with Crippen LogP contribution < -0.4 is 0 Å². The van der Waals surface area contributed by atoms with E-state index in [0.29, 0.717) is 16.7 Å². The van der Waals surface area contributed by atoms with Gasteiger partial charge in [0.2, 0.25) is 0 Å². The average molecular weight is 256 g/mol. The van der Waals surface area contributed by atoms with Gasteiger partial charge in [0.05, 0.1) is 5.69 Å². The van der Waals surface area contributed by atoms with Crippen molar-refractivity contribution in [3.63, 3.8) is 0 Å². The Bertz CT molecular complexity index is 352. The van der Waals surface area contributed by atoms with Crippen LogP contribution in [0.1, 0.15) is 18.0 Å². The SMILES string of the molecule is C=CCC(C(=O)O)c1cccc(Br)n1. The highest BCUT2D eigenvalue weighted by atomic mass is 79.9. The number of carboxylic acids is 1. The molecule has 0 aliphatic rings. The summed E-state index contributed by atoms with van der Waals surface area (Å²) >= 11 is 3.20. The van der Waals surface area contributed by atoms with Gasteiger partial charge in [-0.2, -0.15) is 0 Å². The fourth-order valence-electron chi connectivity index (χ4n) is 1.13. The molecule has 3 nitrogen and oxygen atoms in total. The van der Waals surface area contributed by atoms with E-state index >= 15 is 0 Å². The summed E-state index contributed by atoms with van der Waals surface area (Å²) in [4.78, 5) is 15.0. The van der Waals surface area contributed by atoms with Gasteiger partial charge < -0.3 is 5.11 Å². The van der Waals surface area contributed by atoms with Crippen LogP contribution in [0.25, 0.3) is 0 Å². The first-order valence-electron chi connectivity index (χ1n) is 4.11. The van der Waals surface area contributed by atoms with Gasteiger partial charge in [0.15, 0.2) is 0 Å². The van der Waals surface area contributed by atoms with E-state index < -0.39 is 11.9 Å². The molecule has 0 fully saturated rings. The number of hydrogen-bond donors (Lipinski definition) is 1. The third kappa shape index (κ3) is 2.67. The van der Waals surface area contributed by atoms with Gasteiger partial charge in [-0.05, 0) is 34.5 Å². The second-order valence-electron chi connectivity index (χ2n) is 2.80. The molecule has 0 aliphatic heterocycles. The minimum atomic E-state index is -0.879. The molecule has 0 aromatic carbocycles. The van der Waals surface area contributed by atoms with E-state index in [4.69, 9.17) is 5.11 Å². The summed E-state index contributed by atoms with van der Waals surface area (Å²) in [5.41, 5.74) is 0.548. The molecule has 0 radical (unpaired) electrons. The zero-order valence-corrected chi connectivity index (χ0v) is 9.07. The number of allylic oxidation sites excluding steroid dienone is 1. The number of pyridine rings is 1. The Kier molecular flexibility index (Phi) is 3.83. The molecule has 1 unspecified atom stereocenters. The summed E-state index contributed by atoms with van der Waals surface area (Å²) in [5, 5.41) is 8.95. The minimum absolute atomic E-state index is 0.388. The number of hydrogen-bond acceptors (Lipinski definition) is 2. The first kappa shape index (κ1) is 10.9. The first-order valence-corrected chi connectivity index (χ1v) is 4.90. The van der Waals surface area contributed by atoms with Gasteiger partial charge in [-0.15, -0.1) is 6.58 Å². The zero-order valence-electron chi connectivity index (χ0n) is 7.48. The maximum absolute atomic E-state index is 10.9. The lowest BCUT2D eigenvalue weighted by atomic mass is 10.0. The molecule has 74 valence electrons. The lowest BCUT2D eigenvalue weighted by Gasteiger charge is -2.08. The van der Waals surface area contributed by atoms with Gasteiger partial charge in [0.1, 0.15) is 10.5 Å². The maximum Gasteiger partial charge on any atom is 0.312 e. The molecular formula is C10H10BrNO2. The monoisotopic (exact) mass is 255 g/mol. The molecule has 0 aliphatic carbocycles. The van der Waals surface area contributed by atoms with E-state index in [-0.39, 0.29) is 0 Å². The van der Waals surface area contributed by atoms with Crippen LogP contribution in [0.5, 0.6) is 0 Å². The molecule has 0 spiro atoms. The predicted molar refractivity (Wildman–Crippen MR) is 57.1 cm³/mol. The third-order valence-corrected chi connectivity index (χ3v) is 2.24. The standard InChI is InChI=1S/C10H10BrNO2/c1-2-4-7(10(13)14)8-5-3-6-9(11)12-8/h2-3,5-7H,1,4H2,(H,13,14). The summed E-state index contributed by atoms with van der Waals surface area (Å²) < 4.78 is 0.644. The molecule has 1 heterocycles. The Balaban J connectivity index is 2.98.